The van der Waals surface area contributed by atoms with Crippen molar-refractivity contribution in [3.63, 3.8) is 0 Å². The number of β-amino-alcohol motifs (C(OH)–C–C–N with tert-alkyl or cyclic N) is 1. The number of hydrogen-bond acceptors (Lipinski definition) is 6. The third-order valence-corrected chi connectivity index (χ3v) is 4.08. The number of carboxylic acid groups (broad SMARTS) is 1. The van der Waals surface area contributed by atoms with Gasteiger partial charge in [-0.2, -0.15) is 0 Å². The number of carbonyl (C=O) groups excluding carboxylic acids is 1. The highest BCUT2D eigenvalue weighted by Crippen LogP contribution is 2.26. The zero-order valence-corrected chi connectivity index (χ0v) is 12.8. The van der Waals surface area contributed by atoms with Gasteiger partial charge >= 0.3 is 5.97 Å². The van der Waals surface area contributed by atoms with Crippen molar-refractivity contribution in [3.05, 3.63) is 17.1 Å². The summed E-state index contributed by atoms with van der Waals surface area (Å²) in [7, 11) is 0. The van der Waals surface area contributed by atoms with Crippen LogP contribution in [0.1, 0.15) is 28.3 Å². The first-order valence-corrected chi connectivity index (χ1v) is 7.68. The summed E-state index contributed by atoms with van der Waals surface area (Å²) in [6, 6.07) is -1.01. The molecule has 1 saturated heterocycles. The minimum Gasteiger partial charge on any atom is -0.480 e. The number of nitrogens with zero attached hydrogens (tertiary/aromatic N) is 3. The second kappa shape index (κ2) is 5.98. The summed E-state index contributed by atoms with van der Waals surface area (Å²) in [6.07, 6.45) is 1.02. The van der Waals surface area contributed by atoms with Crippen LogP contribution in [0.5, 0.6) is 0 Å². The number of aliphatic hydroxyl groups is 1. The van der Waals surface area contributed by atoms with Crippen LogP contribution in [-0.2, 0) is 4.79 Å². The largest absolute Gasteiger partial charge is 0.480 e. The molecule has 0 bridgehead atoms. The van der Waals surface area contributed by atoms with E-state index < -0.39 is 24.0 Å². The molecule has 7 nitrogen and oxygen atoms in total. The van der Waals surface area contributed by atoms with Gasteiger partial charge in [0.2, 0.25) is 0 Å². The maximum atomic E-state index is 12.7. The van der Waals surface area contributed by atoms with Crippen molar-refractivity contribution in [2.75, 3.05) is 12.8 Å². The van der Waals surface area contributed by atoms with Gasteiger partial charge in [-0.25, -0.2) is 14.8 Å². The number of aliphatic carboxylic acids is 1. The molecule has 0 unspecified atom stereocenters. The maximum absolute atomic E-state index is 12.7. The summed E-state index contributed by atoms with van der Waals surface area (Å²) in [5.74, 6) is -0.998. The van der Waals surface area contributed by atoms with Gasteiger partial charge < -0.3 is 15.1 Å². The van der Waals surface area contributed by atoms with Crippen LogP contribution >= 0.6 is 11.8 Å². The Morgan fingerprint density at radius 2 is 2.00 bits per heavy atom. The number of amides is 1. The first-order valence-electron chi connectivity index (χ1n) is 6.46. The number of likely N-dealkylation sites (tertiary alicyclic amines) is 1. The highest BCUT2D eigenvalue weighted by atomic mass is 32.2. The second-order valence-corrected chi connectivity index (χ2v) is 5.74. The fourth-order valence-corrected chi connectivity index (χ4v) is 3.15. The van der Waals surface area contributed by atoms with E-state index in [0.29, 0.717) is 22.1 Å². The topological polar surface area (TPSA) is 104 Å². The molecule has 0 spiro atoms. The predicted molar refractivity (Wildman–Crippen MR) is 76.4 cm³/mol. The summed E-state index contributed by atoms with van der Waals surface area (Å²) < 4.78 is 0. The van der Waals surface area contributed by atoms with Crippen molar-refractivity contribution in [3.8, 4) is 0 Å². The van der Waals surface area contributed by atoms with Crippen molar-refractivity contribution in [1.82, 2.24) is 14.9 Å². The second-order valence-electron chi connectivity index (χ2n) is 4.94. The van der Waals surface area contributed by atoms with Crippen LogP contribution in [0, 0.1) is 13.8 Å². The SMILES string of the molecule is CSc1nc(C)nc(C)c1C(=O)N1C[C@H](O)C[C@H]1C(=O)O. The van der Waals surface area contributed by atoms with Crippen molar-refractivity contribution >= 4 is 23.6 Å². The predicted octanol–water partition coefficient (Wildman–Crippen LogP) is 0.475. The number of carboxylic acids is 1. The molecule has 8 heteroatoms. The lowest BCUT2D eigenvalue weighted by Gasteiger charge is -2.22. The lowest BCUT2D eigenvalue weighted by Crippen LogP contribution is -2.41. The molecule has 2 rings (SSSR count). The van der Waals surface area contributed by atoms with Gasteiger partial charge in [0.1, 0.15) is 16.9 Å². The Labute approximate surface area is 126 Å². The highest BCUT2D eigenvalue weighted by molar-refractivity contribution is 7.98. The summed E-state index contributed by atoms with van der Waals surface area (Å²) >= 11 is 1.31. The zero-order valence-electron chi connectivity index (χ0n) is 12.0. The van der Waals surface area contributed by atoms with Gasteiger partial charge in [0.25, 0.3) is 5.91 Å². The molecule has 1 fully saturated rings. The van der Waals surface area contributed by atoms with Gasteiger partial charge in [-0.05, 0) is 20.1 Å². The van der Waals surface area contributed by atoms with Crippen LogP contribution in [0.15, 0.2) is 5.03 Å². The van der Waals surface area contributed by atoms with Gasteiger partial charge in [-0.3, -0.25) is 4.79 Å². The Balaban J connectivity index is 2.42. The van der Waals surface area contributed by atoms with Crippen LogP contribution in [0.4, 0.5) is 0 Å². The van der Waals surface area contributed by atoms with E-state index in [4.69, 9.17) is 0 Å². The number of aliphatic hydroxyl groups excluding tert-OH is 1. The van der Waals surface area contributed by atoms with Gasteiger partial charge in [-0.15, -0.1) is 11.8 Å². The number of thioether (sulfide) groups is 1. The molecule has 2 heterocycles. The molecular weight excluding hydrogens is 294 g/mol. The average molecular weight is 311 g/mol. The van der Waals surface area contributed by atoms with E-state index in [2.05, 4.69) is 9.97 Å². The normalized spacial score (nSPS) is 21.6. The van der Waals surface area contributed by atoms with E-state index in [9.17, 15) is 19.8 Å². The number of aromatic nitrogens is 2. The summed E-state index contributed by atoms with van der Waals surface area (Å²) in [4.78, 5) is 33.5. The molecule has 1 aromatic rings. The molecule has 0 saturated carbocycles. The lowest BCUT2D eigenvalue weighted by molar-refractivity contribution is -0.141. The van der Waals surface area contributed by atoms with Crippen LogP contribution < -0.4 is 0 Å². The van der Waals surface area contributed by atoms with Crippen LogP contribution in [0.25, 0.3) is 0 Å². The van der Waals surface area contributed by atoms with E-state index in [0.717, 1.165) is 0 Å². The Kier molecular flexibility index (Phi) is 4.48. The molecule has 0 aliphatic carbocycles. The fraction of sp³-hybridized carbons (Fsp3) is 0.538. The molecule has 1 amide bonds. The molecular formula is C13H17N3O4S. The van der Waals surface area contributed by atoms with E-state index >= 15 is 0 Å². The van der Waals surface area contributed by atoms with E-state index in [1.807, 2.05) is 0 Å². The van der Waals surface area contributed by atoms with E-state index in [1.54, 1.807) is 20.1 Å². The third-order valence-electron chi connectivity index (χ3n) is 3.40. The number of rotatable bonds is 3. The molecule has 1 aliphatic heterocycles. The van der Waals surface area contributed by atoms with Crippen LogP contribution in [-0.4, -0.2) is 61.9 Å². The van der Waals surface area contributed by atoms with Crippen LogP contribution in [0.3, 0.4) is 0 Å². The van der Waals surface area contributed by atoms with Gasteiger partial charge in [0.05, 0.1) is 17.4 Å². The zero-order chi connectivity index (χ0) is 15.7. The molecule has 1 aromatic heterocycles. The molecule has 0 aromatic carbocycles. The minimum atomic E-state index is -1.11. The number of aryl methyl sites for hydroxylation is 2. The van der Waals surface area contributed by atoms with Gasteiger partial charge in [0, 0.05) is 13.0 Å². The number of hydrogen-bond donors (Lipinski definition) is 2. The highest BCUT2D eigenvalue weighted by Gasteiger charge is 2.40. The van der Waals surface area contributed by atoms with E-state index in [1.165, 1.54) is 16.7 Å². The molecule has 0 radical (unpaired) electrons. The Bertz CT molecular complexity index is 593. The Morgan fingerprint density at radius 3 is 2.57 bits per heavy atom. The standard InChI is InChI=1S/C13H17N3O4S/c1-6-10(11(21-3)15-7(2)14-6)12(18)16-5-8(17)4-9(16)13(19)20/h8-9,17H,4-5H2,1-3H3,(H,19,20)/t8-,9+/m1/s1. The van der Waals surface area contributed by atoms with E-state index in [-0.39, 0.29) is 13.0 Å². The van der Waals surface area contributed by atoms with Gasteiger partial charge in [0.15, 0.2) is 0 Å². The molecule has 21 heavy (non-hydrogen) atoms. The van der Waals surface area contributed by atoms with Crippen molar-refractivity contribution < 1.29 is 19.8 Å². The van der Waals surface area contributed by atoms with Gasteiger partial charge in [-0.1, -0.05) is 0 Å². The van der Waals surface area contributed by atoms with Crippen molar-refractivity contribution in [2.24, 2.45) is 0 Å². The van der Waals surface area contributed by atoms with Crippen molar-refractivity contribution in [2.45, 2.75) is 37.4 Å². The Morgan fingerprint density at radius 1 is 1.33 bits per heavy atom. The minimum absolute atomic E-state index is 0.0109. The first kappa shape index (κ1) is 15.7. The average Bonchev–Trinajstić information content (AvgIpc) is 2.79. The summed E-state index contributed by atoms with van der Waals surface area (Å²) in [6.45, 7) is 3.45. The molecule has 114 valence electrons. The maximum Gasteiger partial charge on any atom is 0.326 e. The summed E-state index contributed by atoms with van der Waals surface area (Å²) in [5, 5.41) is 19.4. The fourth-order valence-electron chi connectivity index (χ4n) is 2.49. The molecule has 2 N–H and O–H groups in total. The smallest absolute Gasteiger partial charge is 0.326 e. The third kappa shape index (κ3) is 3.01. The van der Waals surface area contributed by atoms with Crippen LogP contribution in [0.2, 0.25) is 0 Å². The lowest BCUT2D eigenvalue weighted by atomic mass is 10.1. The first-order chi connectivity index (χ1) is 9.85. The molecule has 2 atom stereocenters. The quantitative estimate of drug-likeness (QED) is 0.618. The van der Waals surface area contributed by atoms with Crippen molar-refractivity contribution in [1.29, 1.82) is 0 Å². The summed E-state index contributed by atoms with van der Waals surface area (Å²) in [5.41, 5.74) is 0.829. The monoisotopic (exact) mass is 311 g/mol. The molecule has 1 aliphatic rings. The Hall–Kier alpha value is -1.67. The number of carbonyl (C=O) groups is 2.